The first kappa shape index (κ1) is 12.2. The first-order chi connectivity index (χ1) is 9.38. The van der Waals surface area contributed by atoms with E-state index < -0.39 is 0 Å². The van der Waals surface area contributed by atoms with Crippen LogP contribution in [0.1, 0.15) is 11.1 Å². The Morgan fingerprint density at radius 1 is 1.16 bits per heavy atom. The van der Waals surface area contributed by atoms with Crippen LogP contribution in [0.15, 0.2) is 48.7 Å². The predicted molar refractivity (Wildman–Crippen MR) is 78.3 cm³/mol. The molecule has 0 saturated carbocycles. The molecular formula is C16H19N3. The van der Waals surface area contributed by atoms with Crippen molar-refractivity contribution in [3.63, 3.8) is 0 Å². The summed E-state index contributed by atoms with van der Waals surface area (Å²) in [4.78, 5) is 6.91. The minimum Gasteiger partial charge on any atom is -0.348 e. The number of hydrogen-bond donors (Lipinski definition) is 1. The molecule has 2 aromatic rings. The van der Waals surface area contributed by atoms with Gasteiger partial charge in [0.05, 0.1) is 0 Å². The van der Waals surface area contributed by atoms with Crippen molar-refractivity contribution >= 4 is 5.82 Å². The summed E-state index contributed by atoms with van der Waals surface area (Å²) in [6.07, 6.45) is 2.94. The SMILES string of the molecule is CNCC1Cc2ccccc2CN1c1ccccn1. The van der Waals surface area contributed by atoms with Crippen molar-refractivity contribution in [1.29, 1.82) is 0 Å². The van der Waals surface area contributed by atoms with Crippen molar-refractivity contribution in [1.82, 2.24) is 10.3 Å². The average Bonchev–Trinajstić information content (AvgIpc) is 2.48. The third-order valence-electron chi connectivity index (χ3n) is 3.74. The lowest BCUT2D eigenvalue weighted by Gasteiger charge is -2.37. The zero-order valence-corrected chi connectivity index (χ0v) is 11.2. The van der Waals surface area contributed by atoms with Crippen LogP contribution in [-0.4, -0.2) is 24.6 Å². The number of rotatable bonds is 3. The summed E-state index contributed by atoms with van der Waals surface area (Å²) in [5.41, 5.74) is 2.88. The summed E-state index contributed by atoms with van der Waals surface area (Å²) in [6.45, 7) is 1.92. The van der Waals surface area contributed by atoms with Gasteiger partial charge in [0.15, 0.2) is 0 Å². The van der Waals surface area contributed by atoms with Gasteiger partial charge in [0.1, 0.15) is 5.82 Å². The summed E-state index contributed by atoms with van der Waals surface area (Å²) in [5.74, 6) is 1.07. The maximum atomic E-state index is 4.51. The van der Waals surface area contributed by atoms with Gasteiger partial charge in [-0.05, 0) is 36.7 Å². The molecule has 19 heavy (non-hydrogen) atoms. The summed E-state index contributed by atoms with van der Waals surface area (Å²) >= 11 is 0. The molecule has 1 aromatic heterocycles. The standard InChI is InChI=1S/C16H19N3/c1-17-11-15-10-13-6-2-3-7-14(13)12-19(15)16-8-4-5-9-18-16/h2-9,15,17H,10-12H2,1H3. The minimum absolute atomic E-state index is 0.467. The fourth-order valence-corrected chi connectivity index (χ4v) is 2.80. The van der Waals surface area contributed by atoms with Gasteiger partial charge in [0.2, 0.25) is 0 Å². The van der Waals surface area contributed by atoms with Crippen LogP contribution in [0.25, 0.3) is 0 Å². The Labute approximate surface area is 114 Å². The molecule has 1 unspecified atom stereocenters. The number of aromatic nitrogens is 1. The third kappa shape index (κ3) is 2.47. The Morgan fingerprint density at radius 3 is 2.68 bits per heavy atom. The lowest BCUT2D eigenvalue weighted by Crippen LogP contribution is -2.46. The molecule has 1 aliphatic heterocycles. The Hall–Kier alpha value is -1.87. The van der Waals surface area contributed by atoms with Crippen molar-refractivity contribution < 1.29 is 0 Å². The normalized spacial score (nSPS) is 18.2. The van der Waals surface area contributed by atoms with Gasteiger partial charge in [-0.25, -0.2) is 4.98 Å². The molecule has 1 N–H and O–H groups in total. The van der Waals surface area contributed by atoms with Gasteiger partial charge in [-0.3, -0.25) is 0 Å². The van der Waals surface area contributed by atoms with Crippen LogP contribution < -0.4 is 10.2 Å². The number of likely N-dealkylation sites (N-methyl/N-ethyl adjacent to an activating group) is 1. The van der Waals surface area contributed by atoms with Crippen molar-refractivity contribution in [2.45, 2.75) is 19.0 Å². The monoisotopic (exact) mass is 253 g/mol. The van der Waals surface area contributed by atoms with Gasteiger partial charge < -0.3 is 10.2 Å². The predicted octanol–water partition coefficient (Wildman–Crippen LogP) is 2.23. The smallest absolute Gasteiger partial charge is 0.129 e. The molecule has 1 atom stereocenters. The summed E-state index contributed by atoms with van der Waals surface area (Å²) in [5, 5.41) is 3.30. The Bertz CT molecular complexity index is 539. The first-order valence-corrected chi connectivity index (χ1v) is 6.77. The maximum Gasteiger partial charge on any atom is 0.129 e. The van der Waals surface area contributed by atoms with E-state index in [9.17, 15) is 0 Å². The zero-order chi connectivity index (χ0) is 13.1. The molecule has 1 aromatic carbocycles. The number of fused-ring (bicyclic) bond motifs is 1. The highest BCUT2D eigenvalue weighted by atomic mass is 15.2. The van der Waals surface area contributed by atoms with Gasteiger partial charge in [0.25, 0.3) is 0 Å². The van der Waals surface area contributed by atoms with Crippen LogP contribution in [0.4, 0.5) is 5.82 Å². The van der Waals surface area contributed by atoms with Crippen LogP contribution >= 0.6 is 0 Å². The van der Waals surface area contributed by atoms with Gasteiger partial charge in [-0.15, -0.1) is 0 Å². The van der Waals surface area contributed by atoms with Crippen molar-refractivity contribution in [3.05, 3.63) is 59.8 Å². The third-order valence-corrected chi connectivity index (χ3v) is 3.74. The number of anilines is 1. The fourth-order valence-electron chi connectivity index (χ4n) is 2.80. The topological polar surface area (TPSA) is 28.2 Å². The second kappa shape index (κ2) is 5.41. The van der Waals surface area contributed by atoms with E-state index in [1.807, 2.05) is 19.3 Å². The number of pyridine rings is 1. The summed E-state index contributed by atoms with van der Waals surface area (Å²) < 4.78 is 0. The van der Waals surface area contributed by atoms with Crippen LogP contribution in [0.3, 0.4) is 0 Å². The highest BCUT2D eigenvalue weighted by Crippen LogP contribution is 2.26. The highest BCUT2D eigenvalue weighted by molar-refractivity contribution is 5.45. The van der Waals surface area contributed by atoms with E-state index in [0.717, 1.165) is 25.3 Å². The fraction of sp³-hybridized carbons (Fsp3) is 0.312. The average molecular weight is 253 g/mol. The van der Waals surface area contributed by atoms with E-state index in [2.05, 4.69) is 51.6 Å². The van der Waals surface area contributed by atoms with E-state index in [4.69, 9.17) is 0 Å². The van der Waals surface area contributed by atoms with E-state index in [1.54, 1.807) is 0 Å². The van der Waals surface area contributed by atoms with Crippen molar-refractivity contribution in [3.8, 4) is 0 Å². The lowest BCUT2D eigenvalue weighted by atomic mass is 9.94. The van der Waals surface area contributed by atoms with E-state index in [1.165, 1.54) is 11.1 Å². The number of nitrogens with one attached hydrogen (secondary N) is 1. The van der Waals surface area contributed by atoms with Gasteiger partial charge in [-0.2, -0.15) is 0 Å². The van der Waals surface area contributed by atoms with Crippen LogP contribution in [0.2, 0.25) is 0 Å². The molecule has 0 saturated heterocycles. The number of hydrogen-bond acceptors (Lipinski definition) is 3. The molecule has 0 aliphatic carbocycles. The van der Waals surface area contributed by atoms with E-state index in [0.29, 0.717) is 6.04 Å². The molecule has 0 bridgehead atoms. The molecule has 3 nitrogen and oxygen atoms in total. The second-order valence-corrected chi connectivity index (χ2v) is 5.00. The van der Waals surface area contributed by atoms with Gasteiger partial charge >= 0.3 is 0 Å². The number of benzene rings is 1. The summed E-state index contributed by atoms with van der Waals surface area (Å²) in [7, 11) is 2.01. The Balaban J connectivity index is 1.94. The zero-order valence-electron chi connectivity index (χ0n) is 11.2. The molecule has 2 heterocycles. The van der Waals surface area contributed by atoms with Crippen LogP contribution in [0, 0.1) is 0 Å². The van der Waals surface area contributed by atoms with Crippen molar-refractivity contribution in [2.24, 2.45) is 0 Å². The quantitative estimate of drug-likeness (QED) is 0.909. The molecule has 3 rings (SSSR count). The molecule has 0 amide bonds. The van der Waals surface area contributed by atoms with Crippen molar-refractivity contribution in [2.75, 3.05) is 18.5 Å². The van der Waals surface area contributed by atoms with Crippen LogP contribution in [0.5, 0.6) is 0 Å². The highest BCUT2D eigenvalue weighted by Gasteiger charge is 2.26. The van der Waals surface area contributed by atoms with Gasteiger partial charge in [0, 0.05) is 25.3 Å². The molecular weight excluding hydrogens is 234 g/mol. The molecule has 0 radical (unpaired) electrons. The van der Waals surface area contributed by atoms with E-state index >= 15 is 0 Å². The molecule has 98 valence electrons. The van der Waals surface area contributed by atoms with Gasteiger partial charge in [-0.1, -0.05) is 30.3 Å². The summed E-state index contributed by atoms with van der Waals surface area (Å²) in [6, 6.07) is 15.3. The Kier molecular flexibility index (Phi) is 3.47. The molecule has 0 fully saturated rings. The molecule has 1 aliphatic rings. The Morgan fingerprint density at radius 2 is 1.95 bits per heavy atom. The van der Waals surface area contributed by atoms with Crippen LogP contribution in [-0.2, 0) is 13.0 Å². The minimum atomic E-state index is 0.467. The largest absolute Gasteiger partial charge is 0.348 e. The maximum absolute atomic E-state index is 4.51. The molecule has 0 spiro atoms. The number of nitrogens with zero attached hydrogens (tertiary/aromatic N) is 2. The lowest BCUT2D eigenvalue weighted by molar-refractivity contribution is 0.523. The molecule has 3 heteroatoms. The van der Waals surface area contributed by atoms with E-state index in [-0.39, 0.29) is 0 Å². The first-order valence-electron chi connectivity index (χ1n) is 6.77. The second-order valence-electron chi connectivity index (χ2n) is 5.00.